The molecule has 158 valence electrons. The van der Waals surface area contributed by atoms with Crippen LogP contribution in [0.1, 0.15) is 24.5 Å². The normalized spacial score (nSPS) is 18.2. The Morgan fingerprint density at radius 1 is 1.00 bits per heavy atom. The van der Waals surface area contributed by atoms with Crippen molar-refractivity contribution in [3.8, 4) is 11.5 Å². The third-order valence-corrected chi connectivity index (χ3v) is 5.24. The summed E-state index contributed by atoms with van der Waals surface area (Å²) in [4.78, 5) is 39.0. The zero-order chi connectivity index (χ0) is 21.7. The molecule has 1 heterocycles. The number of hydrogen-bond acceptors (Lipinski definition) is 5. The van der Waals surface area contributed by atoms with E-state index in [0.717, 1.165) is 16.2 Å². The first-order valence-electron chi connectivity index (χ1n) is 9.61. The maximum Gasteiger partial charge on any atom is 0.325 e. The number of ether oxygens (including phenoxy) is 2. The topological polar surface area (TPSA) is 97.0 Å². The molecule has 0 unspecified atom stereocenters. The van der Waals surface area contributed by atoms with Crippen LogP contribution in [0.5, 0.6) is 11.5 Å². The number of imide groups is 1. The predicted molar refractivity (Wildman–Crippen MR) is 110 cm³/mol. The molecular formula is C22H25N3O5. The molecule has 3 rings (SSSR count). The highest BCUT2D eigenvalue weighted by Crippen LogP contribution is 2.33. The van der Waals surface area contributed by atoms with E-state index in [0.29, 0.717) is 17.7 Å². The van der Waals surface area contributed by atoms with Crippen LogP contribution in [0.3, 0.4) is 0 Å². The molecule has 0 spiro atoms. The second-order valence-electron chi connectivity index (χ2n) is 6.93. The molecule has 0 aliphatic carbocycles. The van der Waals surface area contributed by atoms with E-state index in [9.17, 15) is 14.4 Å². The first-order chi connectivity index (χ1) is 14.4. The highest BCUT2D eigenvalue weighted by molar-refractivity contribution is 6.09. The van der Waals surface area contributed by atoms with E-state index in [1.54, 1.807) is 50.6 Å². The summed E-state index contributed by atoms with van der Waals surface area (Å²) in [6.07, 6.45) is 0.355. The Labute approximate surface area is 175 Å². The fourth-order valence-corrected chi connectivity index (χ4v) is 3.43. The summed E-state index contributed by atoms with van der Waals surface area (Å²) in [6, 6.07) is 13.6. The highest BCUT2D eigenvalue weighted by atomic mass is 16.5. The summed E-state index contributed by atoms with van der Waals surface area (Å²) >= 11 is 0. The number of carbonyl (C=O) groups is 3. The maximum atomic E-state index is 13.1. The lowest BCUT2D eigenvalue weighted by Gasteiger charge is -2.26. The van der Waals surface area contributed by atoms with Gasteiger partial charge in [-0.1, -0.05) is 31.2 Å². The van der Waals surface area contributed by atoms with Crippen LogP contribution < -0.4 is 20.1 Å². The standard InChI is InChI=1S/C22H25N3O5/c1-4-22(16-7-11-18(30-3)12-8-16)20(27)25(21(28)24-22)14-19(26)23-13-15-5-9-17(29-2)10-6-15/h5-12H,4,13-14H2,1-3H3,(H,23,26)(H,24,28)/t22-/m1/s1. The number of rotatable bonds is 8. The Morgan fingerprint density at radius 3 is 2.10 bits per heavy atom. The molecule has 0 radical (unpaired) electrons. The van der Waals surface area contributed by atoms with Gasteiger partial charge in [-0.15, -0.1) is 0 Å². The van der Waals surface area contributed by atoms with Crippen molar-refractivity contribution in [2.24, 2.45) is 0 Å². The zero-order valence-corrected chi connectivity index (χ0v) is 17.2. The number of urea groups is 1. The van der Waals surface area contributed by atoms with Crippen LogP contribution in [0.25, 0.3) is 0 Å². The molecule has 2 aromatic carbocycles. The average molecular weight is 411 g/mol. The van der Waals surface area contributed by atoms with Gasteiger partial charge in [0, 0.05) is 6.54 Å². The van der Waals surface area contributed by atoms with E-state index in [4.69, 9.17) is 9.47 Å². The summed E-state index contributed by atoms with van der Waals surface area (Å²) in [5.41, 5.74) is 0.326. The Hall–Kier alpha value is -3.55. The molecule has 1 atom stereocenters. The van der Waals surface area contributed by atoms with Gasteiger partial charge in [-0.05, 0) is 41.8 Å². The van der Waals surface area contributed by atoms with Gasteiger partial charge >= 0.3 is 6.03 Å². The van der Waals surface area contributed by atoms with E-state index in [-0.39, 0.29) is 13.1 Å². The van der Waals surface area contributed by atoms with Gasteiger partial charge in [0.2, 0.25) is 5.91 Å². The SMILES string of the molecule is CC[C@]1(c2ccc(OC)cc2)NC(=O)N(CC(=O)NCc2ccc(OC)cc2)C1=O. The van der Waals surface area contributed by atoms with E-state index >= 15 is 0 Å². The molecule has 30 heavy (non-hydrogen) atoms. The molecule has 2 aromatic rings. The Balaban J connectivity index is 1.67. The van der Waals surface area contributed by atoms with Crippen molar-refractivity contribution >= 4 is 17.8 Å². The fourth-order valence-electron chi connectivity index (χ4n) is 3.43. The van der Waals surface area contributed by atoms with Crippen molar-refractivity contribution in [1.82, 2.24) is 15.5 Å². The van der Waals surface area contributed by atoms with Gasteiger partial charge < -0.3 is 20.1 Å². The van der Waals surface area contributed by atoms with E-state index in [1.165, 1.54) is 0 Å². The van der Waals surface area contributed by atoms with Crippen molar-refractivity contribution < 1.29 is 23.9 Å². The van der Waals surface area contributed by atoms with Crippen molar-refractivity contribution in [1.29, 1.82) is 0 Å². The van der Waals surface area contributed by atoms with Crippen molar-refractivity contribution in [3.05, 3.63) is 59.7 Å². The van der Waals surface area contributed by atoms with Crippen LogP contribution in [0.4, 0.5) is 4.79 Å². The van der Waals surface area contributed by atoms with Crippen LogP contribution in [0, 0.1) is 0 Å². The molecule has 0 bridgehead atoms. The number of carbonyl (C=O) groups excluding carboxylic acids is 3. The molecule has 8 heteroatoms. The Morgan fingerprint density at radius 2 is 1.57 bits per heavy atom. The highest BCUT2D eigenvalue weighted by Gasteiger charge is 2.51. The van der Waals surface area contributed by atoms with Crippen LogP contribution >= 0.6 is 0 Å². The number of methoxy groups -OCH3 is 2. The quantitative estimate of drug-likeness (QED) is 0.649. The molecule has 1 saturated heterocycles. The van der Waals surface area contributed by atoms with Crippen LogP contribution in [0.2, 0.25) is 0 Å². The lowest BCUT2D eigenvalue weighted by atomic mass is 9.87. The number of amides is 4. The molecule has 0 aromatic heterocycles. The second-order valence-corrected chi connectivity index (χ2v) is 6.93. The zero-order valence-electron chi connectivity index (χ0n) is 17.2. The third kappa shape index (κ3) is 4.07. The summed E-state index contributed by atoms with van der Waals surface area (Å²) in [5, 5.41) is 5.50. The molecule has 8 nitrogen and oxygen atoms in total. The Bertz CT molecular complexity index is 927. The van der Waals surface area contributed by atoms with Gasteiger partial charge in [-0.3, -0.25) is 14.5 Å². The van der Waals surface area contributed by atoms with E-state index in [1.807, 2.05) is 19.1 Å². The molecule has 1 aliphatic heterocycles. The molecule has 1 fully saturated rings. The van der Waals surface area contributed by atoms with Crippen LogP contribution in [-0.2, 0) is 21.7 Å². The Kier molecular flexibility index (Phi) is 6.25. The van der Waals surface area contributed by atoms with Crippen LogP contribution in [-0.4, -0.2) is 43.5 Å². The molecule has 0 saturated carbocycles. The van der Waals surface area contributed by atoms with Crippen molar-refractivity contribution in [3.63, 3.8) is 0 Å². The average Bonchev–Trinajstić information content (AvgIpc) is 3.03. The van der Waals surface area contributed by atoms with Gasteiger partial charge in [0.1, 0.15) is 23.6 Å². The summed E-state index contributed by atoms with van der Waals surface area (Å²) in [6.45, 7) is 1.75. The molecule has 4 amide bonds. The molecule has 1 aliphatic rings. The third-order valence-electron chi connectivity index (χ3n) is 5.24. The minimum Gasteiger partial charge on any atom is -0.497 e. The first-order valence-corrected chi connectivity index (χ1v) is 9.61. The van der Waals surface area contributed by atoms with Gasteiger partial charge in [-0.25, -0.2) is 4.79 Å². The van der Waals surface area contributed by atoms with Gasteiger partial charge in [0.25, 0.3) is 5.91 Å². The van der Waals surface area contributed by atoms with E-state index in [2.05, 4.69) is 10.6 Å². The number of nitrogens with one attached hydrogen (secondary N) is 2. The fraction of sp³-hybridized carbons (Fsp3) is 0.318. The lowest BCUT2D eigenvalue weighted by Crippen LogP contribution is -2.44. The lowest BCUT2D eigenvalue weighted by molar-refractivity contribution is -0.135. The number of benzene rings is 2. The van der Waals surface area contributed by atoms with Gasteiger partial charge in [0.15, 0.2) is 0 Å². The largest absolute Gasteiger partial charge is 0.497 e. The van der Waals surface area contributed by atoms with E-state index < -0.39 is 23.4 Å². The number of nitrogens with zero attached hydrogens (tertiary/aromatic N) is 1. The number of hydrogen-bond donors (Lipinski definition) is 2. The first kappa shape index (κ1) is 21.2. The molecular weight excluding hydrogens is 386 g/mol. The second kappa shape index (κ2) is 8.86. The minimum absolute atomic E-state index is 0.282. The van der Waals surface area contributed by atoms with Crippen LogP contribution in [0.15, 0.2) is 48.5 Å². The van der Waals surface area contributed by atoms with Gasteiger partial charge in [0.05, 0.1) is 14.2 Å². The summed E-state index contributed by atoms with van der Waals surface area (Å²) < 4.78 is 10.3. The molecule has 2 N–H and O–H groups in total. The van der Waals surface area contributed by atoms with Crippen molar-refractivity contribution in [2.75, 3.05) is 20.8 Å². The predicted octanol–water partition coefficient (Wildman–Crippen LogP) is 2.18. The monoisotopic (exact) mass is 411 g/mol. The summed E-state index contributed by atoms with van der Waals surface area (Å²) in [7, 11) is 3.14. The summed E-state index contributed by atoms with van der Waals surface area (Å²) in [5.74, 6) is 0.506. The maximum absolute atomic E-state index is 13.1. The minimum atomic E-state index is -1.19. The van der Waals surface area contributed by atoms with Gasteiger partial charge in [-0.2, -0.15) is 0 Å². The smallest absolute Gasteiger partial charge is 0.325 e. The van der Waals surface area contributed by atoms with Crippen molar-refractivity contribution in [2.45, 2.75) is 25.4 Å².